The summed E-state index contributed by atoms with van der Waals surface area (Å²) in [5.74, 6) is 0.520. The summed E-state index contributed by atoms with van der Waals surface area (Å²) in [5, 5.41) is 18.6. The highest BCUT2D eigenvalue weighted by Crippen LogP contribution is 2.31. The van der Waals surface area contributed by atoms with Crippen LogP contribution >= 0.6 is 0 Å². The SMILES string of the molecule is Cn1cc(Nc2nccc(-c3ccc4c(c3)CCN(C3COC3)C[C@@H]4NC(=O)c3nnc(C(C)(C)C)o3)n2)cn1. The molecule has 2 N–H and O–H groups in total. The Bertz CT molecular complexity index is 1520. The highest BCUT2D eigenvalue weighted by atomic mass is 16.5. The van der Waals surface area contributed by atoms with E-state index in [0.29, 0.717) is 37.6 Å². The summed E-state index contributed by atoms with van der Waals surface area (Å²) in [5.41, 5.74) is 4.49. The maximum absolute atomic E-state index is 13.2. The molecule has 0 radical (unpaired) electrons. The quantitative estimate of drug-likeness (QED) is 0.373. The Labute approximate surface area is 232 Å². The van der Waals surface area contributed by atoms with Crippen molar-refractivity contribution in [3.8, 4) is 11.3 Å². The van der Waals surface area contributed by atoms with E-state index in [9.17, 15) is 4.79 Å². The number of rotatable bonds is 6. The van der Waals surface area contributed by atoms with Crippen LogP contribution in [0.15, 0.2) is 47.3 Å². The third kappa shape index (κ3) is 5.45. The lowest BCUT2D eigenvalue weighted by Gasteiger charge is -2.38. The van der Waals surface area contributed by atoms with Crippen molar-refractivity contribution in [1.29, 1.82) is 0 Å². The molecule has 4 aromatic rings. The molecule has 1 atom stereocenters. The maximum atomic E-state index is 13.2. The second-order valence-electron chi connectivity index (χ2n) is 11.3. The van der Waals surface area contributed by atoms with Crippen molar-refractivity contribution in [1.82, 2.24) is 40.2 Å². The van der Waals surface area contributed by atoms with Crippen LogP contribution in [0.5, 0.6) is 0 Å². The fourth-order valence-corrected chi connectivity index (χ4v) is 4.93. The molecule has 3 aromatic heterocycles. The van der Waals surface area contributed by atoms with Crippen LogP contribution in [0.25, 0.3) is 11.3 Å². The first-order valence-corrected chi connectivity index (χ1v) is 13.4. The lowest BCUT2D eigenvalue weighted by atomic mass is 9.96. The largest absolute Gasteiger partial charge is 0.416 e. The number of aryl methyl sites for hydroxylation is 1. The van der Waals surface area contributed by atoms with E-state index in [1.165, 1.54) is 0 Å². The van der Waals surface area contributed by atoms with Crippen LogP contribution in [0, 0.1) is 0 Å². The van der Waals surface area contributed by atoms with Crippen molar-refractivity contribution in [2.75, 3.05) is 31.6 Å². The van der Waals surface area contributed by atoms with Gasteiger partial charge in [0.1, 0.15) is 0 Å². The van der Waals surface area contributed by atoms with E-state index in [4.69, 9.17) is 14.1 Å². The lowest BCUT2D eigenvalue weighted by Crippen LogP contribution is -2.51. The number of amides is 1. The monoisotopic (exact) mass is 543 g/mol. The number of anilines is 2. The van der Waals surface area contributed by atoms with Gasteiger partial charge in [0, 0.05) is 43.5 Å². The molecule has 40 heavy (non-hydrogen) atoms. The third-order valence-electron chi connectivity index (χ3n) is 7.22. The van der Waals surface area contributed by atoms with Gasteiger partial charge in [-0.05, 0) is 29.7 Å². The molecule has 1 fully saturated rings. The zero-order valence-corrected chi connectivity index (χ0v) is 23.1. The van der Waals surface area contributed by atoms with Crippen LogP contribution in [-0.2, 0) is 23.6 Å². The van der Waals surface area contributed by atoms with Crippen molar-refractivity contribution in [2.24, 2.45) is 7.05 Å². The Kier molecular flexibility index (Phi) is 6.80. The highest BCUT2D eigenvalue weighted by Gasteiger charge is 2.33. The molecule has 0 saturated carbocycles. The molecule has 0 spiro atoms. The topological polar surface area (TPSA) is 136 Å². The fraction of sp³-hybridized carbons (Fsp3) is 0.429. The second-order valence-corrected chi connectivity index (χ2v) is 11.3. The van der Waals surface area contributed by atoms with E-state index < -0.39 is 0 Å². The first kappa shape index (κ1) is 26.1. The minimum absolute atomic E-state index is 0.0273. The van der Waals surface area contributed by atoms with Gasteiger partial charge in [-0.2, -0.15) is 5.10 Å². The number of nitrogens with zero attached hydrogens (tertiary/aromatic N) is 7. The lowest BCUT2D eigenvalue weighted by molar-refractivity contribution is -0.0658. The Morgan fingerprint density at radius 3 is 2.70 bits per heavy atom. The summed E-state index contributed by atoms with van der Waals surface area (Å²) in [7, 11) is 1.86. The number of carbonyl (C=O) groups excluding carboxylic acids is 1. The number of ether oxygens (including phenoxy) is 1. The van der Waals surface area contributed by atoms with Crippen molar-refractivity contribution < 1.29 is 13.9 Å². The predicted molar refractivity (Wildman–Crippen MR) is 147 cm³/mol. The minimum atomic E-state index is -0.378. The van der Waals surface area contributed by atoms with E-state index in [1.54, 1.807) is 17.1 Å². The fourth-order valence-electron chi connectivity index (χ4n) is 4.93. The summed E-state index contributed by atoms with van der Waals surface area (Å²) in [6, 6.07) is 8.27. The molecule has 0 unspecified atom stereocenters. The van der Waals surface area contributed by atoms with E-state index >= 15 is 0 Å². The number of hydrogen-bond acceptors (Lipinski definition) is 10. The molecule has 2 aliphatic rings. The van der Waals surface area contributed by atoms with Crippen LogP contribution in [-0.4, -0.2) is 73.1 Å². The summed E-state index contributed by atoms with van der Waals surface area (Å²) < 4.78 is 12.9. The number of fused-ring (bicyclic) bond motifs is 1. The first-order valence-electron chi connectivity index (χ1n) is 13.4. The summed E-state index contributed by atoms with van der Waals surface area (Å²) in [4.78, 5) is 24.7. The minimum Gasteiger partial charge on any atom is -0.416 e. The number of carbonyl (C=O) groups is 1. The Hall–Kier alpha value is -4.16. The molecule has 12 heteroatoms. The standard InChI is InChI=1S/C28H33N9O3/c1-28(2,3)26-35-34-25(40-26)24(38)32-23-14-37(20-15-39-16-20)10-8-17-11-18(5-6-21(17)23)22-7-9-29-27(33-22)31-19-12-30-36(4)13-19/h5-7,9,11-13,20,23H,8,10,14-16H2,1-4H3,(H,32,38)(H,29,31,33)/t23-/m0/s1. The third-order valence-corrected chi connectivity index (χ3v) is 7.22. The van der Waals surface area contributed by atoms with Crippen molar-refractivity contribution in [3.05, 3.63) is 65.8 Å². The van der Waals surface area contributed by atoms with Crippen LogP contribution in [0.4, 0.5) is 11.6 Å². The van der Waals surface area contributed by atoms with E-state index in [0.717, 1.165) is 41.0 Å². The zero-order chi connectivity index (χ0) is 27.9. The van der Waals surface area contributed by atoms with E-state index in [2.05, 4.69) is 47.9 Å². The molecule has 2 aliphatic heterocycles. The molecule has 0 bridgehead atoms. The maximum Gasteiger partial charge on any atom is 0.309 e. The molecule has 5 heterocycles. The van der Waals surface area contributed by atoms with Gasteiger partial charge in [-0.3, -0.25) is 14.4 Å². The second kappa shape index (κ2) is 10.4. The first-order chi connectivity index (χ1) is 19.2. The summed E-state index contributed by atoms with van der Waals surface area (Å²) in [6.07, 6.45) is 6.17. The van der Waals surface area contributed by atoms with Crippen molar-refractivity contribution >= 4 is 17.5 Å². The van der Waals surface area contributed by atoms with Gasteiger partial charge < -0.3 is 19.8 Å². The predicted octanol–water partition coefficient (Wildman–Crippen LogP) is 3.03. The normalized spacial score (nSPS) is 18.1. The van der Waals surface area contributed by atoms with Gasteiger partial charge in [-0.1, -0.05) is 32.9 Å². The molecule has 208 valence electrons. The number of benzene rings is 1. The van der Waals surface area contributed by atoms with Gasteiger partial charge in [-0.25, -0.2) is 9.97 Å². The molecular weight excluding hydrogens is 510 g/mol. The van der Waals surface area contributed by atoms with Gasteiger partial charge >= 0.3 is 11.8 Å². The molecule has 0 aliphatic carbocycles. The smallest absolute Gasteiger partial charge is 0.309 e. The van der Waals surface area contributed by atoms with Crippen LogP contribution < -0.4 is 10.6 Å². The van der Waals surface area contributed by atoms with Crippen LogP contribution in [0.2, 0.25) is 0 Å². The summed E-state index contributed by atoms with van der Waals surface area (Å²) in [6.45, 7) is 8.84. The van der Waals surface area contributed by atoms with Gasteiger partial charge in [0.25, 0.3) is 0 Å². The van der Waals surface area contributed by atoms with E-state index in [-0.39, 0.29) is 23.3 Å². The Morgan fingerprint density at radius 2 is 2.00 bits per heavy atom. The Balaban J connectivity index is 1.27. The number of aromatic nitrogens is 6. The average molecular weight is 544 g/mol. The molecule has 1 saturated heterocycles. The van der Waals surface area contributed by atoms with Crippen molar-refractivity contribution in [2.45, 2.75) is 44.7 Å². The Morgan fingerprint density at radius 1 is 1.15 bits per heavy atom. The van der Waals surface area contributed by atoms with E-state index in [1.807, 2.05) is 46.1 Å². The van der Waals surface area contributed by atoms with Gasteiger partial charge in [0.15, 0.2) is 0 Å². The molecule has 12 nitrogen and oxygen atoms in total. The molecule has 1 aromatic carbocycles. The molecule has 1 amide bonds. The summed E-state index contributed by atoms with van der Waals surface area (Å²) >= 11 is 0. The van der Waals surface area contributed by atoms with Gasteiger partial charge in [0.05, 0.1) is 42.9 Å². The number of nitrogens with one attached hydrogen (secondary N) is 2. The van der Waals surface area contributed by atoms with Crippen molar-refractivity contribution in [3.63, 3.8) is 0 Å². The van der Waals surface area contributed by atoms with Gasteiger partial charge in [-0.15, -0.1) is 10.2 Å². The number of hydrogen-bond donors (Lipinski definition) is 2. The highest BCUT2D eigenvalue weighted by molar-refractivity contribution is 5.89. The molecular formula is C28H33N9O3. The van der Waals surface area contributed by atoms with Crippen LogP contribution in [0.3, 0.4) is 0 Å². The zero-order valence-electron chi connectivity index (χ0n) is 23.1. The van der Waals surface area contributed by atoms with Gasteiger partial charge in [0.2, 0.25) is 11.8 Å². The van der Waals surface area contributed by atoms with Crippen LogP contribution in [0.1, 0.15) is 54.5 Å². The average Bonchev–Trinajstić information content (AvgIpc) is 3.51. The molecule has 6 rings (SSSR count).